The second-order valence-corrected chi connectivity index (χ2v) is 6.51. The Kier molecular flexibility index (Phi) is 4.65. The number of rotatable bonds is 2. The largest absolute Gasteiger partial charge is 0.464 e. The molecule has 122 valence electrons. The second-order valence-electron chi connectivity index (χ2n) is 6.15. The van der Waals surface area contributed by atoms with Gasteiger partial charge in [0.15, 0.2) is 10.8 Å². The van der Waals surface area contributed by atoms with E-state index in [-0.39, 0.29) is 23.0 Å². The van der Waals surface area contributed by atoms with Crippen molar-refractivity contribution in [3.8, 4) is 0 Å². The molecule has 1 aromatic heterocycles. The van der Waals surface area contributed by atoms with Crippen LogP contribution in [-0.4, -0.2) is 52.3 Å². The summed E-state index contributed by atoms with van der Waals surface area (Å²) < 4.78 is 11.7. The highest BCUT2D eigenvalue weighted by Crippen LogP contribution is 2.27. The summed E-state index contributed by atoms with van der Waals surface area (Å²) in [5, 5.41) is 0.0996. The third kappa shape index (κ3) is 3.52. The summed E-state index contributed by atoms with van der Waals surface area (Å²) in [7, 11) is 1.29. The van der Waals surface area contributed by atoms with Gasteiger partial charge in [-0.15, -0.1) is 0 Å². The van der Waals surface area contributed by atoms with Gasteiger partial charge in [0.25, 0.3) is 0 Å². The minimum atomic E-state index is -0.543. The molecule has 1 aliphatic heterocycles. The number of likely N-dealkylation sites (tertiary alicyclic amines) is 1. The number of hydrogen-bond acceptors (Lipinski definition) is 5. The van der Waals surface area contributed by atoms with E-state index in [9.17, 15) is 9.59 Å². The average Bonchev–Trinajstić information content (AvgIpc) is 3.02. The van der Waals surface area contributed by atoms with Gasteiger partial charge in [0, 0.05) is 13.1 Å². The van der Waals surface area contributed by atoms with Crippen LogP contribution in [0, 0.1) is 0 Å². The quantitative estimate of drug-likeness (QED) is 0.779. The van der Waals surface area contributed by atoms with Crippen molar-refractivity contribution in [2.75, 3.05) is 20.2 Å². The Hall–Kier alpha value is -1.76. The lowest BCUT2D eigenvalue weighted by Crippen LogP contribution is -2.35. The van der Waals surface area contributed by atoms with Crippen molar-refractivity contribution in [3.63, 3.8) is 0 Å². The van der Waals surface area contributed by atoms with Gasteiger partial charge >= 0.3 is 12.1 Å². The number of amides is 1. The number of nitrogens with zero attached hydrogens (tertiary/aromatic N) is 3. The van der Waals surface area contributed by atoms with E-state index in [4.69, 9.17) is 21.1 Å². The Morgan fingerprint density at radius 1 is 1.41 bits per heavy atom. The SMILES string of the molecule is COC(=O)c1c(Cl)ncn1[C@H]1CCN(C(=O)OC(C)(C)C)C1. The second kappa shape index (κ2) is 6.16. The summed E-state index contributed by atoms with van der Waals surface area (Å²) in [6.07, 6.45) is 1.83. The molecule has 0 aliphatic carbocycles. The molecular weight excluding hydrogens is 310 g/mol. The molecule has 1 aliphatic rings. The highest BCUT2D eigenvalue weighted by Gasteiger charge is 2.33. The van der Waals surface area contributed by atoms with Crippen LogP contribution in [0.15, 0.2) is 6.33 Å². The number of methoxy groups -OCH3 is 1. The molecule has 0 unspecified atom stereocenters. The predicted octanol–water partition coefficient (Wildman–Crippen LogP) is 2.51. The zero-order valence-electron chi connectivity index (χ0n) is 13.1. The van der Waals surface area contributed by atoms with Crippen LogP contribution in [0.1, 0.15) is 43.7 Å². The molecule has 0 N–H and O–H groups in total. The van der Waals surface area contributed by atoms with Crippen LogP contribution in [0.2, 0.25) is 5.15 Å². The molecule has 7 nitrogen and oxygen atoms in total. The topological polar surface area (TPSA) is 73.7 Å². The Bertz CT molecular complexity index is 579. The van der Waals surface area contributed by atoms with Crippen LogP contribution in [0.3, 0.4) is 0 Å². The fourth-order valence-corrected chi connectivity index (χ4v) is 2.58. The first-order valence-electron chi connectivity index (χ1n) is 7.01. The number of carbonyl (C=O) groups excluding carboxylic acids is 2. The maximum absolute atomic E-state index is 12.1. The van der Waals surface area contributed by atoms with E-state index < -0.39 is 11.6 Å². The zero-order chi connectivity index (χ0) is 16.5. The number of halogens is 1. The summed E-state index contributed by atoms with van der Waals surface area (Å²) in [6, 6.07) is -0.0818. The number of aromatic nitrogens is 2. The van der Waals surface area contributed by atoms with Crippen molar-refractivity contribution in [3.05, 3.63) is 17.2 Å². The molecule has 0 saturated carbocycles. The van der Waals surface area contributed by atoms with Gasteiger partial charge in [-0.05, 0) is 27.2 Å². The molecule has 1 saturated heterocycles. The van der Waals surface area contributed by atoms with Crippen LogP contribution in [0.5, 0.6) is 0 Å². The van der Waals surface area contributed by atoms with E-state index in [0.29, 0.717) is 19.5 Å². The van der Waals surface area contributed by atoms with Gasteiger partial charge < -0.3 is 18.9 Å². The van der Waals surface area contributed by atoms with Gasteiger partial charge in [0.2, 0.25) is 0 Å². The molecule has 1 amide bonds. The maximum atomic E-state index is 12.1. The van der Waals surface area contributed by atoms with Crippen molar-refractivity contribution < 1.29 is 19.1 Å². The van der Waals surface area contributed by atoms with Crippen molar-refractivity contribution in [2.24, 2.45) is 0 Å². The van der Waals surface area contributed by atoms with E-state index in [1.54, 1.807) is 9.47 Å². The first-order valence-corrected chi connectivity index (χ1v) is 7.39. The molecule has 1 aromatic rings. The molecule has 2 rings (SSSR count). The fraction of sp³-hybridized carbons (Fsp3) is 0.643. The lowest BCUT2D eigenvalue weighted by molar-refractivity contribution is 0.0289. The highest BCUT2D eigenvalue weighted by atomic mass is 35.5. The molecule has 1 atom stereocenters. The van der Waals surface area contributed by atoms with Crippen molar-refractivity contribution in [1.82, 2.24) is 14.5 Å². The number of ether oxygens (including phenoxy) is 2. The molecule has 0 radical (unpaired) electrons. The van der Waals surface area contributed by atoms with Crippen molar-refractivity contribution >= 4 is 23.7 Å². The molecule has 8 heteroatoms. The van der Waals surface area contributed by atoms with Crippen LogP contribution in [-0.2, 0) is 9.47 Å². The van der Waals surface area contributed by atoms with Crippen molar-refractivity contribution in [1.29, 1.82) is 0 Å². The maximum Gasteiger partial charge on any atom is 0.410 e. The Morgan fingerprint density at radius 3 is 2.68 bits per heavy atom. The van der Waals surface area contributed by atoms with Crippen LogP contribution < -0.4 is 0 Å². The minimum Gasteiger partial charge on any atom is -0.464 e. The summed E-state index contributed by atoms with van der Waals surface area (Å²) in [4.78, 5) is 29.5. The molecule has 0 bridgehead atoms. The normalized spacial score (nSPS) is 18.4. The molecule has 2 heterocycles. The van der Waals surface area contributed by atoms with E-state index in [1.807, 2.05) is 20.8 Å². The van der Waals surface area contributed by atoms with Gasteiger partial charge in [0.1, 0.15) is 5.60 Å². The lowest BCUT2D eigenvalue weighted by Gasteiger charge is -2.24. The van der Waals surface area contributed by atoms with Gasteiger partial charge in [0.05, 0.1) is 19.5 Å². The third-order valence-electron chi connectivity index (χ3n) is 3.34. The van der Waals surface area contributed by atoms with Gasteiger partial charge in [-0.3, -0.25) is 0 Å². The third-order valence-corrected chi connectivity index (χ3v) is 3.61. The summed E-state index contributed by atoms with van der Waals surface area (Å²) in [6.45, 7) is 6.46. The summed E-state index contributed by atoms with van der Waals surface area (Å²) in [5.41, 5.74) is -0.329. The number of hydrogen-bond donors (Lipinski definition) is 0. The monoisotopic (exact) mass is 329 g/mol. The first kappa shape index (κ1) is 16.6. The van der Waals surface area contributed by atoms with Crippen molar-refractivity contribution in [2.45, 2.75) is 38.8 Å². The predicted molar refractivity (Wildman–Crippen MR) is 80.0 cm³/mol. The van der Waals surface area contributed by atoms with E-state index in [0.717, 1.165) is 0 Å². The first-order chi connectivity index (χ1) is 10.2. The molecule has 0 spiro atoms. The summed E-state index contributed by atoms with van der Waals surface area (Å²) >= 11 is 5.95. The fourth-order valence-electron chi connectivity index (χ4n) is 2.36. The average molecular weight is 330 g/mol. The number of esters is 1. The van der Waals surface area contributed by atoms with E-state index in [2.05, 4.69) is 4.98 Å². The number of carbonyl (C=O) groups is 2. The minimum absolute atomic E-state index is 0.0818. The molecule has 22 heavy (non-hydrogen) atoms. The standard InChI is InChI=1S/C14H20ClN3O4/c1-14(2,3)22-13(20)17-6-5-9(7-17)18-8-16-11(15)10(18)12(19)21-4/h8-9H,5-7H2,1-4H3/t9-/m0/s1. The Balaban J connectivity index is 2.11. The molecular formula is C14H20ClN3O4. The van der Waals surface area contributed by atoms with E-state index in [1.165, 1.54) is 13.4 Å². The lowest BCUT2D eigenvalue weighted by atomic mass is 10.2. The smallest absolute Gasteiger partial charge is 0.410 e. The van der Waals surface area contributed by atoms with Crippen LogP contribution in [0.4, 0.5) is 4.79 Å². The Morgan fingerprint density at radius 2 is 2.09 bits per heavy atom. The zero-order valence-corrected chi connectivity index (χ0v) is 13.9. The van der Waals surface area contributed by atoms with Gasteiger partial charge in [-0.25, -0.2) is 14.6 Å². The Labute approximate surface area is 134 Å². The summed E-state index contributed by atoms with van der Waals surface area (Å²) in [5.74, 6) is -0.543. The van der Waals surface area contributed by atoms with Crippen LogP contribution in [0.25, 0.3) is 0 Å². The molecule has 1 fully saturated rings. The molecule has 0 aromatic carbocycles. The van der Waals surface area contributed by atoms with Crippen LogP contribution >= 0.6 is 11.6 Å². The van der Waals surface area contributed by atoms with Gasteiger partial charge in [-0.2, -0.15) is 0 Å². The number of imidazole rings is 1. The van der Waals surface area contributed by atoms with E-state index >= 15 is 0 Å². The highest BCUT2D eigenvalue weighted by molar-refractivity contribution is 6.32. The van der Waals surface area contributed by atoms with Gasteiger partial charge in [-0.1, -0.05) is 11.6 Å².